The Morgan fingerprint density at radius 3 is 2.22 bits per heavy atom. The van der Waals surface area contributed by atoms with E-state index in [9.17, 15) is 0 Å². The Balaban J connectivity index is 1.27. The smallest absolute Gasteiger partial charge is 0.0237 e. The molecule has 2 aromatic rings. The maximum absolute atomic E-state index is 2.64. The number of nitrogens with zero attached hydrogens (tertiary/aromatic N) is 2. The maximum Gasteiger partial charge on any atom is 0.0237 e. The van der Waals surface area contributed by atoms with Gasteiger partial charge in [-0.3, -0.25) is 9.80 Å². The molecule has 0 atom stereocenters. The lowest BCUT2D eigenvalue weighted by molar-refractivity contribution is 0.136. The van der Waals surface area contributed by atoms with Crippen molar-refractivity contribution in [3.05, 3.63) is 77.4 Å². The van der Waals surface area contributed by atoms with Crippen LogP contribution in [0.4, 0.5) is 0 Å². The van der Waals surface area contributed by atoms with Gasteiger partial charge in [-0.15, -0.1) is 0 Å². The van der Waals surface area contributed by atoms with Crippen LogP contribution in [-0.4, -0.2) is 42.5 Å². The van der Waals surface area contributed by atoms with E-state index in [0.29, 0.717) is 0 Å². The molecular formula is C25H32N2. The highest BCUT2D eigenvalue weighted by Gasteiger charge is 2.22. The van der Waals surface area contributed by atoms with Crippen LogP contribution in [0.25, 0.3) is 6.08 Å². The molecule has 2 aliphatic rings. The van der Waals surface area contributed by atoms with E-state index in [4.69, 9.17) is 0 Å². The van der Waals surface area contributed by atoms with Crippen LogP contribution in [-0.2, 0) is 6.54 Å². The van der Waals surface area contributed by atoms with E-state index in [0.717, 1.165) is 19.0 Å². The third kappa shape index (κ3) is 5.09. The molecule has 0 N–H and O–H groups in total. The highest BCUT2D eigenvalue weighted by Crippen LogP contribution is 2.36. The second-order valence-electron chi connectivity index (χ2n) is 8.07. The molecule has 142 valence electrons. The van der Waals surface area contributed by atoms with Crippen molar-refractivity contribution in [2.75, 3.05) is 32.7 Å². The van der Waals surface area contributed by atoms with E-state index in [1.807, 2.05) is 0 Å². The largest absolute Gasteiger partial charge is 0.297 e. The third-order valence-electron chi connectivity index (χ3n) is 6.18. The highest BCUT2D eigenvalue weighted by molar-refractivity contribution is 5.48. The van der Waals surface area contributed by atoms with E-state index in [2.05, 4.69) is 76.5 Å². The lowest BCUT2D eigenvalue weighted by atomic mass is 9.92. The van der Waals surface area contributed by atoms with Gasteiger partial charge in [-0.05, 0) is 35.4 Å². The SMILES string of the molecule is C(=Cc1ccccc1)CN1CCN(Cc2ccccc2C2CCCC2)CC1. The summed E-state index contributed by atoms with van der Waals surface area (Å²) in [6.07, 6.45) is 10.1. The topological polar surface area (TPSA) is 6.48 Å². The lowest BCUT2D eigenvalue weighted by Crippen LogP contribution is -2.45. The molecule has 2 aromatic carbocycles. The summed E-state index contributed by atoms with van der Waals surface area (Å²) in [4.78, 5) is 5.21. The van der Waals surface area contributed by atoms with E-state index in [1.54, 1.807) is 11.1 Å². The predicted molar refractivity (Wildman–Crippen MR) is 115 cm³/mol. The average Bonchev–Trinajstić information content (AvgIpc) is 3.25. The van der Waals surface area contributed by atoms with Crippen LogP contribution in [0.1, 0.15) is 48.3 Å². The van der Waals surface area contributed by atoms with Gasteiger partial charge in [0.05, 0.1) is 0 Å². The Hall–Kier alpha value is -1.90. The molecule has 0 aromatic heterocycles. The van der Waals surface area contributed by atoms with Gasteiger partial charge >= 0.3 is 0 Å². The summed E-state index contributed by atoms with van der Waals surface area (Å²) in [5, 5.41) is 0. The van der Waals surface area contributed by atoms with Crippen LogP contribution in [0.2, 0.25) is 0 Å². The van der Waals surface area contributed by atoms with E-state index in [-0.39, 0.29) is 0 Å². The molecule has 2 heteroatoms. The average molecular weight is 361 g/mol. The molecule has 1 aliphatic carbocycles. The van der Waals surface area contributed by atoms with Crippen molar-refractivity contribution in [3.63, 3.8) is 0 Å². The van der Waals surface area contributed by atoms with Crippen molar-refractivity contribution in [2.45, 2.75) is 38.1 Å². The second kappa shape index (κ2) is 9.34. The van der Waals surface area contributed by atoms with Crippen LogP contribution in [0, 0.1) is 0 Å². The van der Waals surface area contributed by atoms with E-state index >= 15 is 0 Å². The minimum Gasteiger partial charge on any atom is -0.297 e. The number of hydrogen-bond donors (Lipinski definition) is 0. The van der Waals surface area contributed by atoms with Crippen LogP contribution >= 0.6 is 0 Å². The monoisotopic (exact) mass is 360 g/mol. The third-order valence-corrected chi connectivity index (χ3v) is 6.18. The van der Waals surface area contributed by atoms with Crippen molar-refractivity contribution < 1.29 is 0 Å². The molecule has 0 spiro atoms. The molecule has 1 saturated heterocycles. The number of piperazine rings is 1. The van der Waals surface area contributed by atoms with Gasteiger partial charge in [-0.2, -0.15) is 0 Å². The van der Waals surface area contributed by atoms with Gasteiger partial charge in [0.2, 0.25) is 0 Å². The Morgan fingerprint density at radius 2 is 1.44 bits per heavy atom. The highest BCUT2D eigenvalue weighted by atomic mass is 15.3. The fourth-order valence-corrected chi connectivity index (χ4v) is 4.59. The molecular weight excluding hydrogens is 328 g/mol. The van der Waals surface area contributed by atoms with Gasteiger partial charge < -0.3 is 0 Å². The summed E-state index contributed by atoms with van der Waals surface area (Å²) in [6.45, 7) is 6.88. The van der Waals surface area contributed by atoms with Gasteiger partial charge in [0, 0.05) is 39.3 Å². The molecule has 1 heterocycles. The molecule has 0 radical (unpaired) electrons. The molecule has 4 rings (SSSR count). The van der Waals surface area contributed by atoms with Crippen molar-refractivity contribution in [1.29, 1.82) is 0 Å². The van der Waals surface area contributed by atoms with Crippen molar-refractivity contribution in [1.82, 2.24) is 9.80 Å². The minimum absolute atomic E-state index is 0.811. The summed E-state index contributed by atoms with van der Waals surface area (Å²) in [7, 11) is 0. The Bertz CT molecular complexity index is 723. The first-order valence-electron chi connectivity index (χ1n) is 10.6. The quantitative estimate of drug-likeness (QED) is 0.701. The fourth-order valence-electron chi connectivity index (χ4n) is 4.59. The molecule has 1 aliphatic heterocycles. The van der Waals surface area contributed by atoms with Crippen molar-refractivity contribution >= 4 is 6.08 Å². The summed E-state index contributed by atoms with van der Waals surface area (Å²) in [5.74, 6) is 0.811. The standard InChI is InChI=1S/C25H32N2/c1-2-9-22(10-3-1)11-8-16-26-17-19-27(20-18-26)21-24-14-6-7-15-25(24)23-12-4-5-13-23/h1-3,6-11,14-15,23H,4-5,12-13,16-21H2. The summed E-state index contributed by atoms with van der Waals surface area (Å²) >= 11 is 0. The minimum atomic E-state index is 0.811. The molecule has 0 bridgehead atoms. The normalized spacial score (nSPS) is 19.9. The Morgan fingerprint density at radius 1 is 0.778 bits per heavy atom. The van der Waals surface area contributed by atoms with Crippen molar-refractivity contribution in [3.8, 4) is 0 Å². The zero-order chi connectivity index (χ0) is 18.3. The van der Waals surface area contributed by atoms with Gasteiger partial charge in [-0.25, -0.2) is 0 Å². The number of rotatable bonds is 6. The first-order valence-corrected chi connectivity index (χ1v) is 10.6. The fraction of sp³-hybridized carbons (Fsp3) is 0.440. The molecule has 0 unspecified atom stereocenters. The van der Waals surface area contributed by atoms with Gasteiger partial charge in [0.15, 0.2) is 0 Å². The molecule has 0 amide bonds. The van der Waals surface area contributed by atoms with E-state index in [1.165, 1.54) is 57.4 Å². The molecule has 2 fully saturated rings. The van der Waals surface area contributed by atoms with Gasteiger partial charge in [-0.1, -0.05) is 79.6 Å². The predicted octanol–water partition coefficient (Wildman–Crippen LogP) is 5.18. The number of benzene rings is 2. The zero-order valence-corrected chi connectivity index (χ0v) is 16.4. The Kier molecular flexibility index (Phi) is 6.39. The van der Waals surface area contributed by atoms with Crippen LogP contribution in [0.15, 0.2) is 60.7 Å². The maximum atomic E-state index is 2.64. The number of hydrogen-bond acceptors (Lipinski definition) is 2. The summed E-state index contributed by atoms with van der Waals surface area (Å²) in [5.41, 5.74) is 4.49. The summed E-state index contributed by atoms with van der Waals surface area (Å²) < 4.78 is 0. The van der Waals surface area contributed by atoms with Gasteiger partial charge in [0.1, 0.15) is 0 Å². The van der Waals surface area contributed by atoms with Crippen molar-refractivity contribution in [2.24, 2.45) is 0 Å². The first-order chi connectivity index (χ1) is 13.4. The molecule has 1 saturated carbocycles. The van der Waals surface area contributed by atoms with Crippen LogP contribution in [0.3, 0.4) is 0 Å². The molecule has 2 nitrogen and oxygen atoms in total. The Labute approximate surface area is 164 Å². The molecule has 27 heavy (non-hydrogen) atoms. The van der Waals surface area contributed by atoms with E-state index < -0.39 is 0 Å². The van der Waals surface area contributed by atoms with Crippen LogP contribution < -0.4 is 0 Å². The van der Waals surface area contributed by atoms with Crippen LogP contribution in [0.5, 0.6) is 0 Å². The van der Waals surface area contributed by atoms with Gasteiger partial charge in [0.25, 0.3) is 0 Å². The summed E-state index contributed by atoms with van der Waals surface area (Å²) in [6, 6.07) is 19.8. The first kappa shape index (κ1) is 18.5. The lowest BCUT2D eigenvalue weighted by Gasteiger charge is -2.34. The zero-order valence-electron chi connectivity index (χ0n) is 16.4. The second-order valence-corrected chi connectivity index (χ2v) is 8.07.